The lowest BCUT2D eigenvalue weighted by atomic mass is 9.70. The molecule has 110 valence electrons. The van der Waals surface area contributed by atoms with Crippen molar-refractivity contribution in [2.24, 2.45) is 11.3 Å². The van der Waals surface area contributed by atoms with Gasteiger partial charge in [0.2, 0.25) is 0 Å². The van der Waals surface area contributed by atoms with Crippen LogP contribution in [0.5, 0.6) is 0 Å². The highest BCUT2D eigenvalue weighted by molar-refractivity contribution is 5.29. The van der Waals surface area contributed by atoms with Crippen molar-refractivity contribution < 1.29 is 5.11 Å². The Balaban J connectivity index is 1.64. The van der Waals surface area contributed by atoms with E-state index >= 15 is 0 Å². The van der Waals surface area contributed by atoms with Gasteiger partial charge in [-0.15, -0.1) is 0 Å². The largest absolute Gasteiger partial charge is 0.393 e. The predicted octanol–water partition coefficient (Wildman–Crippen LogP) is 3.23. The molecule has 1 fully saturated rings. The maximum Gasteiger partial charge on any atom is 0.0581 e. The second kappa shape index (κ2) is 5.50. The molecule has 1 N–H and O–H groups in total. The van der Waals surface area contributed by atoms with Crippen LogP contribution in [-0.4, -0.2) is 29.2 Å². The Kier molecular flexibility index (Phi) is 3.87. The zero-order chi connectivity index (χ0) is 14.2. The highest BCUT2D eigenvalue weighted by atomic mass is 16.3. The van der Waals surface area contributed by atoms with E-state index in [1.54, 1.807) is 0 Å². The Morgan fingerprint density at radius 1 is 1.25 bits per heavy atom. The summed E-state index contributed by atoms with van der Waals surface area (Å²) in [4.78, 5) is 2.54. The second-order valence-electron chi connectivity index (χ2n) is 7.49. The van der Waals surface area contributed by atoms with Crippen LogP contribution in [0, 0.1) is 11.3 Å². The van der Waals surface area contributed by atoms with Gasteiger partial charge in [0, 0.05) is 19.6 Å². The third-order valence-electron chi connectivity index (χ3n) is 5.18. The van der Waals surface area contributed by atoms with Gasteiger partial charge in [0.05, 0.1) is 6.10 Å². The molecular weight excluding hydrogens is 246 g/mol. The summed E-state index contributed by atoms with van der Waals surface area (Å²) in [6.45, 7) is 7.94. The molecule has 2 unspecified atom stereocenters. The molecule has 1 aromatic rings. The van der Waals surface area contributed by atoms with Gasteiger partial charge in [0.15, 0.2) is 0 Å². The average Bonchev–Trinajstić information content (AvgIpc) is 2.43. The maximum atomic E-state index is 10.3. The lowest BCUT2D eigenvalue weighted by molar-refractivity contribution is 0.00220. The summed E-state index contributed by atoms with van der Waals surface area (Å²) in [7, 11) is 0. The molecule has 2 heteroatoms. The van der Waals surface area contributed by atoms with Gasteiger partial charge in [0.25, 0.3) is 0 Å². The molecular formula is C18H27NO. The van der Waals surface area contributed by atoms with Gasteiger partial charge >= 0.3 is 0 Å². The van der Waals surface area contributed by atoms with Crippen LogP contribution >= 0.6 is 0 Å². The van der Waals surface area contributed by atoms with Crippen molar-refractivity contribution in [1.29, 1.82) is 0 Å². The smallest absolute Gasteiger partial charge is 0.0581 e. The van der Waals surface area contributed by atoms with E-state index < -0.39 is 0 Å². The predicted molar refractivity (Wildman–Crippen MR) is 82.6 cm³/mol. The fourth-order valence-electron chi connectivity index (χ4n) is 3.95. The topological polar surface area (TPSA) is 23.5 Å². The lowest BCUT2D eigenvalue weighted by Gasteiger charge is -2.41. The van der Waals surface area contributed by atoms with Crippen LogP contribution in [0.2, 0.25) is 0 Å². The fourth-order valence-corrected chi connectivity index (χ4v) is 3.95. The van der Waals surface area contributed by atoms with Crippen LogP contribution in [0.4, 0.5) is 0 Å². The van der Waals surface area contributed by atoms with Crippen LogP contribution in [0.25, 0.3) is 0 Å². The van der Waals surface area contributed by atoms with Gasteiger partial charge in [-0.25, -0.2) is 0 Å². The van der Waals surface area contributed by atoms with Crippen molar-refractivity contribution in [1.82, 2.24) is 4.90 Å². The van der Waals surface area contributed by atoms with Crippen molar-refractivity contribution in [3.63, 3.8) is 0 Å². The van der Waals surface area contributed by atoms with E-state index in [2.05, 4.69) is 43.0 Å². The average molecular weight is 273 g/mol. The van der Waals surface area contributed by atoms with E-state index in [1.165, 1.54) is 11.1 Å². The van der Waals surface area contributed by atoms with E-state index in [4.69, 9.17) is 0 Å². The first kappa shape index (κ1) is 14.1. The molecule has 2 aliphatic rings. The number of nitrogens with zero attached hydrogens (tertiary/aromatic N) is 1. The maximum absolute atomic E-state index is 10.3. The van der Waals surface area contributed by atoms with Crippen LogP contribution in [0.1, 0.15) is 44.2 Å². The standard InChI is InChI=1S/C18H27NO/c1-18(2)9-7-17(20)16(11-18)13-19-10-8-14-5-3-4-6-15(14)12-19/h3-6,16-17,20H,7-13H2,1-2H3. The lowest BCUT2D eigenvalue weighted by Crippen LogP contribution is -2.42. The summed E-state index contributed by atoms with van der Waals surface area (Å²) < 4.78 is 0. The number of hydrogen-bond donors (Lipinski definition) is 1. The van der Waals surface area contributed by atoms with Crippen molar-refractivity contribution in [2.75, 3.05) is 13.1 Å². The second-order valence-corrected chi connectivity index (χ2v) is 7.49. The number of hydrogen-bond acceptors (Lipinski definition) is 2. The molecule has 0 aromatic heterocycles. The Morgan fingerprint density at radius 2 is 2.00 bits per heavy atom. The van der Waals surface area contributed by atoms with Gasteiger partial charge in [-0.2, -0.15) is 0 Å². The Bertz CT molecular complexity index is 468. The van der Waals surface area contributed by atoms with Gasteiger partial charge < -0.3 is 5.11 Å². The first-order valence-corrected chi connectivity index (χ1v) is 8.01. The zero-order valence-electron chi connectivity index (χ0n) is 12.8. The van der Waals surface area contributed by atoms with Gasteiger partial charge in [-0.3, -0.25) is 4.90 Å². The fraction of sp³-hybridized carbons (Fsp3) is 0.667. The van der Waals surface area contributed by atoms with E-state index in [1.807, 2.05) is 0 Å². The Hall–Kier alpha value is -0.860. The van der Waals surface area contributed by atoms with Crippen molar-refractivity contribution >= 4 is 0 Å². The molecule has 1 saturated carbocycles. The molecule has 2 atom stereocenters. The highest BCUT2D eigenvalue weighted by Gasteiger charge is 2.35. The molecule has 0 radical (unpaired) electrons. The summed E-state index contributed by atoms with van der Waals surface area (Å²) in [6.07, 6.45) is 4.35. The number of benzene rings is 1. The van der Waals surface area contributed by atoms with Crippen molar-refractivity contribution in [3.8, 4) is 0 Å². The van der Waals surface area contributed by atoms with Crippen molar-refractivity contribution in [2.45, 2.75) is 52.2 Å². The number of aliphatic hydroxyl groups is 1. The Morgan fingerprint density at radius 3 is 2.80 bits per heavy atom. The van der Waals surface area contributed by atoms with Gasteiger partial charge in [-0.05, 0) is 48.1 Å². The molecule has 2 nitrogen and oxygen atoms in total. The van der Waals surface area contributed by atoms with E-state index in [-0.39, 0.29) is 6.10 Å². The summed E-state index contributed by atoms with van der Waals surface area (Å²) >= 11 is 0. The molecule has 1 aliphatic heterocycles. The van der Waals surface area contributed by atoms with E-state index in [9.17, 15) is 5.11 Å². The SMILES string of the molecule is CC1(C)CCC(O)C(CN2CCc3ccccc3C2)C1. The first-order chi connectivity index (χ1) is 9.53. The van der Waals surface area contributed by atoms with Gasteiger partial charge in [0.1, 0.15) is 0 Å². The van der Waals surface area contributed by atoms with E-state index in [0.717, 1.165) is 45.3 Å². The molecule has 0 bridgehead atoms. The highest BCUT2D eigenvalue weighted by Crippen LogP contribution is 2.39. The molecule has 1 aromatic carbocycles. The summed E-state index contributed by atoms with van der Waals surface area (Å²) in [5.74, 6) is 0.448. The molecule has 0 saturated heterocycles. The molecule has 0 amide bonds. The number of rotatable bonds is 2. The minimum absolute atomic E-state index is 0.0970. The molecule has 3 rings (SSSR count). The van der Waals surface area contributed by atoms with E-state index in [0.29, 0.717) is 11.3 Å². The number of fused-ring (bicyclic) bond motifs is 1. The van der Waals surface area contributed by atoms with Crippen LogP contribution < -0.4 is 0 Å². The van der Waals surface area contributed by atoms with Crippen LogP contribution in [0.15, 0.2) is 24.3 Å². The van der Waals surface area contributed by atoms with Crippen LogP contribution in [-0.2, 0) is 13.0 Å². The zero-order valence-corrected chi connectivity index (χ0v) is 12.8. The summed E-state index contributed by atoms with van der Waals surface area (Å²) in [5.41, 5.74) is 3.38. The normalized spacial score (nSPS) is 29.9. The molecule has 1 heterocycles. The number of aliphatic hydroxyl groups excluding tert-OH is 1. The molecule has 20 heavy (non-hydrogen) atoms. The summed E-state index contributed by atoms with van der Waals surface area (Å²) in [5, 5.41) is 10.3. The first-order valence-electron chi connectivity index (χ1n) is 8.01. The summed E-state index contributed by atoms with van der Waals surface area (Å²) in [6, 6.07) is 8.79. The minimum Gasteiger partial charge on any atom is -0.393 e. The van der Waals surface area contributed by atoms with Crippen molar-refractivity contribution in [3.05, 3.63) is 35.4 Å². The minimum atomic E-state index is -0.0970. The Labute approximate surface area is 122 Å². The van der Waals surface area contributed by atoms with Crippen LogP contribution in [0.3, 0.4) is 0 Å². The monoisotopic (exact) mass is 273 g/mol. The molecule has 0 spiro atoms. The third kappa shape index (κ3) is 3.07. The third-order valence-corrected chi connectivity index (χ3v) is 5.18. The molecule has 1 aliphatic carbocycles. The van der Waals surface area contributed by atoms with Gasteiger partial charge in [-0.1, -0.05) is 38.1 Å². The quantitative estimate of drug-likeness (QED) is 0.894.